The predicted molar refractivity (Wildman–Crippen MR) is 118 cm³/mol. The fraction of sp³-hybridized carbons (Fsp3) is 0.318. The normalized spacial score (nSPS) is 15.3. The number of aryl methyl sites for hydroxylation is 1. The highest BCUT2D eigenvalue weighted by molar-refractivity contribution is 7.88. The molecule has 0 radical (unpaired) electrons. The van der Waals surface area contributed by atoms with Crippen LogP contribution < -0.4 is 4.90 Å². The van der Waals surface area contributed by atoms with Crippen LogP contribution in [0.15, 0.2) is 54.7 Å². The SMILES string of the molecule is Cc1nc(-c2ccccn2)nc(N2CCN(S(=O)(=O)Cc3ccccc3)CC2)c1C. The van der Waals surface area contributed by atoms with Crippen LogP contribution in [0.5, 0.6) is 0 Å². The summed E-state index contributed by atoms with van der Waals surface area (Å²) in [4.78, 5) is 15.9. The maximum atomic E-state index is 12.8. The van der Waals surface area contributed by atoms with E-state index < -0.39 is 10.0 Å². The molecule has 1 aliphatic heterocycles. The molecule has 1 aromatic carbocycles. The van der Waals surface area contributed by atoms with Crippen LogP contribution in [0.2, 0.25) is 0 Å². The molecular formula is C22H25N5O2S. The Labute approximate surface area is 177 Å². The van der Waals surface area contributed by atoms with Crippen molar-refractivity contribution in [1.82, 2.24) is 19.3 Å². The fourth-order valence-corrected chi connectivity index (χ4v) is 5.10. The van der Waals surface area contributed by atoms with Crippen LogP contribution in [0.1, 0.15) is 16.8 Å². The summed E-state index contributed by atoms with van der Waals surface area (Å²) >= 11 is 0. The van der Waals surface area contributed by atoms with Gasteiger partial charge in [-0.2, -0.15) is 4.31 Å². The number of hydrogen-bond acceptors (Lipinski definition) is 6. The Balaban J connectivity index is 1.51. The van der Waals surface area contributed by atoms with E-state index in [0.717, 1.165) is 28.3 Å². The molecule has 0 N–H and O–H groups in total. The summed E-state index contributed by atoms with van der Waals surface area (Å²) in [5, 5.41) is 0. The van der Waals surface area contributed by atoms with E-state index in [1.54, 1.807) is 10.5 Å². The summed E-state index contributed by atoms with van der Waals surface area (Å²) in [6.07, 6.45) is 1.73. The van der Waals surface area contributed by atoms with Crippen LogP contribution in [0.3, 0.4) is 0 Å². The van der Waals surface area contributed by atoms with Gasteiger partial charge in [0.2, 0.25) is 10.0 Å². The molecule has 156 valence electrons. The number of aromatic nitrogens is 3. The Bertz CT molecular complexity index is 1110. The van der Waals surface area contributed by atoms with E-state index in [2.05, 4.69) is 14.9 Å². The largest absolute Gasteiger partial charge is 0.354 e. The molecule has 4 rings (SSSR count). The van der Waals surface area contributed by atoms with E-state index in [0.29, 0.717) is 32.0 Å². The van der Waals surface area contributed by atoms with Gasteiger partial charge in [-0.05, 0) is 31.5 Å². The van der Waals surface area contributed by atoms with E-state index in [9.17, 15) is 8.42 Å². The number of benzene rings is 1. The molecular weight excluding hydrogens is 398 g/mol. The van der Waals surface area contributed by atoms with Crippen LogP contribution in [0.25, 0.3) is 11.5 Å². The van der Waals surface area contributed by atoms with E-state index >= 15 is 0 Å². The van der Waals surface area contributed by atoms with Crippen molar-refractivity contribution in [2.45, 2.75) is 19.6 Å². The topological polar surface area (TPSA) is 79.3 Å². The van der Waals surface area contributed by atoms with Crippen LogP contribution in [-0.4, -0.2) is 53.9 Å². The standard InChI is InChI=1S/C22H25N5O2S/c1-17-18(2)24-21(20-10-6-7-11-23-20)25-22(17)26-12-14-27(15-13-26)30(28,29)16-19-8-4-3-5-9-19/h3-11H,12-16H2,1-2H3. The second kappa shape index (κ2) is 8.49. The molecule has 1 saturated heterocycles. The molecule has 0 spiro atoms. The van der Waals surface area contributed by atoms with Gasteiger partial charge in [-0.15, -0.1) is 0 Å². The molecule has 8 heteroatoms. The fourth-order valence-electron chi connectivity index (χ4n) is 3.59. The zero-order valence-corrected chi connectivity index (χ0v) is 18.0. The Kier molecular flexibility index (Phi) is 5.78. The maximum absolute atomic E-state index is 12.8. The molecule has 0 bridgehead atoms. The maximum Gasteiger partial charge on any atom is 0.218 e. The monoisotopic (exact) mass is 423 g/mol. The van der Waals surface area contributed by atoms with Gasteiger partial charge in [0.1, 0.15) is 11.5 Å². The second-order valence-electron chi connectivity index (χ2n) is 7.42. The van der Waals surface area contributed by atoms with Gasteiger partial charge in [0, 0.05) is 43.6 Å². The summed E-state index contributed by atoms with van der Waals surface area (Å²) in [7, 11) is -3.35. The van der Waals surface area contributed by atoms with Gasteiger partial charge >= 0.3 is 0 Å². The summed E-state index contributed by atoms with van der Waals surface area (Å²) in [6, 6.07) is 15.0. The molecule has 3 heterocycles. The molecule has 0 unspecified atom stereocenters. The summed E-state index contributed by atoms with van der Waals surface area (Å²) in [5.41, 5.74) is 3.45. The first kappa shape index (κ1) is 20.4. The number of nitrogens with zero attached hydrogens (tertiary/aromatic N) is 5. The first-order chi connectivity index (χ1) is 14.4. The summed E-state index contributed by atoms with van der Waals surface area (Å²) in [6.45, 7) is 6.03. The van der Waals surface area contributed by atoms with Gasteiger partial charge < -0.3 is 4.90 Å². The quantitative estimate of drug-likeness (QED) is 0.628. The Morgan fingerprint density at radius 2 is 1.60 bits per heavy atom. The first-order valence-corrected chi connectivity index (χ1v) is 11.6. The van der Waals surface area contributed by atoms with Crippen molar-refractivity contribution < 1.29 is 8.42 Å². The number of sulfonamides is 1. The van der Waals surface area contributed by atoms with Crippen molar-refractivity contribution in [3.63, 3.8) is 0 Å². The Morgan fingerprint density at radius 1 is 0.900 bits per heavy atom. The lowest BCUT2D eigenvalue weighted by Gasteiger charge is -2.35. The molecule has 0 atom stereocenters. The lowest BCUT2D eigenvalue weighted by molar-refractivity contribution is 0.383. The number of pyridine rings is 1. The van der Waals surface area contributed by atoms with Gasteiger partial charge in [0.15, 0.2) is 5.82 Å². The zero-order valence-electron chi connectivity index (χ0n) is 17.2. The zero-order chi connectivity index (χ0) is 21.1. The number of anilines is 1. The Hall–Kier alpha value is -2.84. The molecule has 30 heavy (non-hydrogen) atoms. The van der Waals surface area contributed by atoms with E-state index in [1.807, 2.05) is 62.4 Å². The summed E-state index contributed by atoms with van der Waals surface area (Å²) < 4.78 is 27.2. The molecule has 0 saturated carbocycles. The minimum Gasteiger partial charge on any atom is -0.354 e. The highest BCUT2D eigenvalue weighted by Crippen LogP contribution is 2.25. The average Bonchev–Trinajstić information content (AvgIpc) is 2.77. The number of piperazine rings is 1. The van der Waals surface area contributed by atoms with Crippen molar-refractivity contribution in [3.8, 4) is 11.5 Å². The lowest BCUT2D eigenvalue weighted by atomic mass is 10.2. The van der Waals surface area contributed by atoms with Gasteiger partial charge in [-0.25, -0.2) is 18.4 Å². The molecule has 2 aromatic heterocycles. The third-order valence-electron chi connectivity index (χ3n) is 5.38. The highest BCUT2D eigenvalue weighted by Gasteiger charge is 2.28. The first-order valence-electron chi connectivity index (χ1n) is 9.97. The smallest absolute Gasteiger partial charge is 0.218 e. The van der Waals surface area contributed by atoms with Crippen LogP contribution in [-0.2, 0) is 15.8 Å². The van der Waals surface area contributed by atoms with Crippen molar-refractivity contribution >= 4 is 15.8 Å². The van der Waals surface area contributed by atoms with Gasteiger partial charge in [0.25, 0.3) is 0 Å². The molecule has 0 aliphatic carbocycles. The van der Waals surface area contributed by atoms with Crippen LogP contribution in [0, 0.1) is 13.8 Å². The van der Waals surface area contributed by atoms with Gasteiger partial charge in [-0.3, -0.25) is 4.98 Å². The lowest BCUT2D eigenvalue weighted by Crippen LogP contribution is -2.49. The highest BCUT2D eigenvalue weighted by atomic mass is 32.2. The summed E-state index contributed by atoms with van der Waals surface area (Å²) in [5.74, 6) is 1.47. The predicted octanol–water partition coefficient (Wildman–Crippen LogP) is 2.81. The van der Waals surface area contributed by atoms with E-state index in [4.69, 9.17) is 4.98 Å². The van der Waals surface area contributed by atoms with E-state index in [1.165, 1.54) is 0 Å². The molecule has 0 amide bonds. The third-order valence-corrected chi connectivity index (χ3v) is 7.23. The minimum absolute atomic E-state index is 0.0311. The second-order valence-corrected chi connectivity index (χ2v) is 9.39. The molecule has 1 fully saturated rings. The number of hydrogen-bond donors (Lipinski definition) is 0. The average molecular weight is 424 g/mol. The molecule has 1 aliphatic rings. The third kappa shape index (κ3) is 4.34. The van der Waals surface area contributed by atoms with Crippen molar-refractivity contribution in [2.75, 3.05) is 31.1 Å². The molecule has 3 aromatic rings. The van der Waals surface area contributed by atoms with E-state index in [-0.39, 0.29) is 5.75 Å². The van der Waals surface area contributed by atoms with Gasteiger partial charge in [0.05, 0.1) is 5.75 Å². The Morgan fingerprint density at radius 3 is 2.27 bits per heavy atom. The molecule has 7 nitrogen and oxygen atoms in total. The van der Waals surface area contributed by atoms with Crippen molar-refractivity contribution in [3.05, 3.63) is 71.5 Å². The minimum atomic E-state index is -3.35. The van der Waals surface area contributed by atoms with Crippen LogP contribution in [0.4, 0.5) is 5.82 Å². The van der Waals surface area contributed by atoms with Crippen LogP contribution >= 0.6 is 0 Å². The van der Waals surface area contributed by atoms with Crippen molar-refractivity contribution in [1.29, 1.82) is 0 Å². The van der Waals surface area contributed by atoms with Crippen molar-refractivity contribution in [2.24, 2.45) is 0 Å². The van der Waals surface area contributed by atoms with Gasteiger partial charge in [-0.1, -0.05) is 36.4 Å². The number of rotatable bonds is 5.